The fourth-order valence-electron chi connectivity index (χ4n) is 1.36. The summed E-state index contributed by atoms with van der Waals surface area (Å²) in [5.74, 6) is 0.136. The molecule has 0 fully saturated rings. The van der Waals surface area contributed by atoms with Crippen LogP contribution in [0.15, 0.2) is 0 Å². The van der Waals surface area contributed by atoms with E-state index >= 15 is 0 Å². The molecule has 0 bridgehead atoms. The Balaban J connectivity index is 2.75. The first-order valence-corrected chi connectivity index (χ1v) is 6.63. The van der Waals surface area contributed by atoms with Crippen LogP contribution in [0.1, 0.15) is 44.0 Å². The van der Waals surface area contributed by atoms with Crippen LogP contribution in [0.25, 0.3) is 0 Å². The van der Waals surface area contributed by atoms with Gasteiger partial charge < -0.3 is 16.4 Å². The summed E-state index contributed by atoms with van der Waals surface area (Å²) in [6.45, 7) is 6.78. The summed E-state index contributed by atoms with van der Waals surface area (Å²) in [4.78, 5) is 11.9. The fourth-order valence-corrected chi connectivity index (χ4v) is 2.09. The predicted octanol–water partition coefficient (Wildman–Crippen LogP) is 2.08. The quantitative estimate of drug-likeness (QED) is 0.681. The summed E-state index contributed by atoms with van der Waals surface area (Å²) >= 11 is 1.24. The average molecular weight is 256 g/mol. The van der Waals surface area contributed by atoms with Gasteiger partial charge in [-0.25, -0.2) is 0 Å². The SMILES string of the molecule is CCCCNc1snc(N)c1C(=O)NC(C)C. The number of nitrogens with zero attached hydrogens (tertiary/aromatic N) is 1. The molecule has 6 heteroatoms. The van der Waals surface area contributed by atoms with E-state index in [0.29, 0.717) is 11.4 Å². The molecule has 5 nitrogen and oxygen atoms in total. The van der Waals surface area contributed by atoms with Crippen LogP contribution in [0.3, 0.4) is 0 Å². The van der Waals surface area contributed by atoms with Gasteiger partial charge in [0.25, 0.3) is 5.91 Å². The Bertz CT molecular complexity index is 376. The summed E-state index contributed by atoms with van der Waals surface area (Å²) in [5.41, 5.74) is 6.19. The molecule has 0 aliphatic rings. The highest BCUT2D eigenvalue weighted by Gasteiger charge is 2.19. The fraction of sp³-hybridized carbons (Fsp3) is 0.636. The minimum Gasteiger partial charge on any atom is -0.382 e. The molecule has 0 saturated heterocycles. The zero-order valence-electron chi connectivity index (χ0n) is 10.5. The van der Waals surface area contributed by atoms with Crippen molar-refractivity contribution in [3.05, 3.63) is 5.56 Å². The first kappa shape index (κ1) is 13.8. The number of carbonyl (C=O) groups excluding carboxylic acids is 1. The number of aromatic nitrogens is 1. The summed E-state index contributed by atoms with van der Waals surface area (Å²) in [6, 6.07) is 0.0882. The first-order valence-electron chi connectivity index (χ1n) is 5.86. The van der Waals surface area contributed by atoms with Crippen LogP contribution in [-0.4, -0.2) is 22.9 Å². The molecule has 1 aromatic rings. The summed E-state index contributed by atoms with van der Waals surface area (Å²) in [6.07, 6.45) is 2.16. The van der Waals surface area contributed by atoms with E-state index in [9.17, 15) is 4.79 Å². The van der Waals surface area contributed by atoms with E-state index in [1.807, 2.05) is 13.8 Å². The standard InChI is InChI=1S/C11H20N4OS/c1-4-5-6-13-11-8(9(12)15-17-11)10(16)14-7(2)3/h7,13H,4-6H2,1-3H3,(H2,12,15)(H,14,16). The molecule has 0 aliphatic carbocycles. The normalized spacial score (nSPS) is 10.6. The zero-order chi connectivity index (χ0) is 12.8. The van der Waals surface area contributed by atoms with Crippen molar-refractivity contribution < 1.29 is 4.79 Å². The molecule has 1 amide bonds. The van der Waals surface area contributed by atoms with Crippen molar-refractivity contribution in [1.82, 2.24) is 9.69 Å². The number of unbranched alkanes of at least 4 members (excludes halogenated alkanes) is 1. The Labute approximate surface area is 106 Å². The minimum absolute atomic E-state index is 0.0882. The van der Waals surface area contributed by atoms with Gasteiger partial charge in [-0.05, 0) is 31.8 Å². The van der Waals surface area contributed by atoms with Crippen molar-refractivity contribution in [2.24, 2.45) is 0 Å². The van der Waals surface area contributed by atoms with Crippen LogP contribution in [0, 0.1) is 0 Å². The van der Waals surface area contributed by atoms with Crippen molar-refractivity contribution in [2.45, 2.75) is 39.7 Å². The topological polar surface area (TPSA) is 80.0 Å². The molecule has 0 saturated carbocycles. The predicted molar refractivity (Wildman–Crippen MR) is 72.5 cm³/mol. The Hall–Kier alpha value is -1.30. The Morgan fingerprint density at radius 2 is 2.24 bits per heavy atom. The molecule has 0 spiro atoms. The number of hydrogen-bond donors (Lipinski definition) is 3. The number of nitrogens with two attached hydrogens (primary N) is 1. The molecule has 0 radical (unpaired) electrons. The van der Waals surface area contributed by atoms with Crippen LogP contribution < -0.4 is 16.4 Å². The molecular formula is C11H20N4OS. The lowest BCUT2D eigenvalue weighted by atomic mass is 10.2. The summed E-state index contributed by atoms with van der Waals surface area (Å²) in [7, 11) is 0. The van der Waals surface area contributed by atoms with Gasteiger partial charge in [0.15, 0.2) is 5.82 Å². The van der Waals surface area contributed by atoms with Crippen LogP contribution in [0.4, 0.5) is 10.8 Å². The Kier molecular flexibility index (Phi) is 5.21. The third kappa shape index (κ3) is 3.89. The maximum Gasteiger partial charge on any atom is 0.258 e. The lowest BCUT2D eigenvalue weighted by Crippen LogP contribution is -2.30. The monoisotopic (exact) mass is 256 g/mol. The van der Waals surface area contributed by atoms with E-state index in [1.165, 1.54) is 11.5 Å². The van der Waals surface area contributed by atoms with Crippen LogP contribution in [0.2, 0.25) is 0 Å². The van der Waals surface area contributed by atoms with Crippen molar-refractivity contribution >= 4 is 28.3 Å². The van der Waals surface area contributed by atoms with E-state index in [1.54, 1.807) is 0 Å². The molecule has 17 heavy (non-hydrogen) atoms. The number of nitrogen functional groups attached to an aromatic ring is 1. The van der Waals surface area contributed by atoms with Crippen molar-refractivity contribution in [2.75, 3.05) is 17.6 Å². The van der Waals surface area contributed by atoms with E-state index in [-0.39, 0.29) is 11.9 Å². The molecular weight excluding hydrogens is 236 g/mol. The maximum atomic E-state index is 11.9. The van der Waals surface area contributed by atoms with Crippen LogP contribution in [0.5, 0.6) is 0 Å². The van der Waals surface area contributed by atoms with Crippen LogP contribution >= 0.6 is 11.5 Å². The molecule has 0 unspecified atom stereocenters. The Morgan fingerprint density at radius 3 is 2.82 bits per heavy atom. The third-order valence-electron chi connectivity index (χ3n) is 2.18. The smallest absolute Gasteiger partial charge is 0.258 e. The Morgan fingerprint density at radius 1 is 1.53 bits per heavy atom. The first-order chi connectivity index (χ1) is 8.06. The van der Waals surface area contributed by atoms with Gasteiger partial charge in [-0.15, -0.1) is 0 Å². The molecule has 0 aliphatic heterocycles. The van der Waals surface area contributed by atoms with Crippen molar-refractivity contribution in [1.29, 1.82) is 0 Å². The largest absolute Gasteiger partial charge is 0.382 e. The summed E-state index contributed by atoms with van der Waals surface area (Å²) in [5, 5.41) is 6.79. The molecule has 0 aromatic carbocycles. The van der Waals surface area contributed by atoms with Gasteiger partial charge in [0.05, 0.1) is 0 Å². The molecule has 1 rings (SSSR count). The minimum atomic E-state index is -0.162. The lowest BCUT2D eigenvalue weighted by molar-refractivity contribution is 0.0945. The van der Waals surface area contributed by atoms with Crippen LogP contribution in [-0.2, 0) is 0 Å². The van der Waals surface area contributed by atoms with Crippen molar-refractivity contribution in [3.8, 4) is 0 Å². The molecule has 1 aromatic heterocycles. The second kappa shape index (κ2) is 6.44. The van der Waals surface area contributed by atoms with E-state index in [0.717, 1.165) is 24.4 Å². The highest BCUT2D eigenvalue weighted by atomic mass is 32.1. The number of amides is 1. The second-order valence-electron chi connectivity index (χ2n) is 4.18. The maximum absolute atomic E-state index is 11.9. The highest BCUT2D eigenvalue weighted by Crippen LogP contribution is 2.26. The molecule has 4 N–H and O–H groups in total. The number of anilines is 2. The number of rotatable bonds is 6. The second-order valence-corrected chi connectivity index (χ2v) is 4.95. The van der Waals surface area contributed by atoms with Gasteiger partial charge in [0.2, 0.25) is 0 Å². The van der Waals surface area contributed by atoms with Crippen molar-refractivity contribution in [3.63, 3.8) is 0 Å². The van der Waals surface area contributed by atoms with Gasteiger partial charge in [0.1, 0.15) is 10.6 Å². The van der Waals surface area contributed by atoms with E-state index in [2.05, 4.69) is 21.9 Å². The number of nitrogens with one attached hydrogen (secondary N) is 2. The van der Waals surface area contributed by atoms with E-state index in [4.69, 9.17) is 5.73 Å². The number of hydrogen-bond acceptors (Lipinski definition) is 5. The molecule has 0 atom stereocenters. The molecule has 96 valence electrons. The zero-order valence-corrected chi connectivity index (χ0v) is 11.4. The lowest BCUT2D eigenvalue weighted by Gasteiger charge is -2.09. The van der Waals surface area contributed by atoms with Gasteiger partial charge in [-0.3, -0.25) is 4.79 Å². The summed E-state index contributed by atoms with van der Waals surface area (Å²) < 4.78 is 4.02. The third-order valence-corrected chi connectivity index (χ3v) is 3.00. The average Bonchev–Trinajstić information content (AvgIpc) is 2.59. The van der Waals surface area contributed by atoms with Gasteiger partial charge in [0, 0.05) is 12.6 Å². The highest BCUT2D eigenvalue weighted by molar-refractivity contribution is 7.11. The molecule has 1 heterocycles. The van der Waals surface area contributed by atoms with Gasteiger partial charge in [-0.2, -0.15) is 4.37 Å². The van der Waals surface area contributed by atoms with Gasteiger partial charge >= 0.3 is 0 Å². The number of carbonyl (C=O) groups is 1. The van der Waals surface area contributed by atoms with Gasteiger partial charge in [-0.1, -0.05) is 13.3 Å². The van der Waals surface area contributed by atoms with E-state index < -0.39 is 0 Å².